The van der Waals surface area contributed by atoms with Crippen molar-refractivity contribution in [3.63, 3.8) is 0 Å². The molecule has 1 unspecified atom stereocenters. The van der Waals surface area contributed by atoms with Crippen LogP contribution in [0, 0.1) is 0 Å². The predicted octanol–water partition coefficient (Wildman–Crippen LogP) is 1.66. The molecule has 168 valence electrons. The lowest BCUT2D eigenvalue weighted by molar-refractivity contribution is 0.112. The molecule has 1 aromatic heterocycles. The van der Waals surface area contributed by atoms with E-state index in [0.29, 0.717) is 12.6 Å². The second kappa shape index (κ2) is 10.3. The molecule has 2 fully saturated rings. The van der Waals surface area contributed by atoms with Crippen LogP contribution in [0.25, 0.3) is 0 Å². The third kappa shape index (κ3) is 5.11. The fourth-order valence-electron chi connectivity index (χ4n) is 5.05. The van der Waals surface area contributed by atoms with Crippen LogP contribution in [0.2, 0.25) is 0 Å². The van der Waals surface area contributed by atoms with E-state index in [9.17, 15) is 0 Å². The van der Waals surface area contributed by atoms with Crippen LogP contribution in [-0.4, -0.2) is 82.0 Å². The number of rotatable bonds is 7. The first-order valence-corrected chi connectivity index (χ1v) is 12.7. The Bertz CT molecular complexity index is 710. The lowest BCUT2D eigenvalue weighted by Crippen LogP contribution is -2.53. The Morgan fingerprint density at radius 2 is 2.10 bits per heavy atom. The summed E-state index contributed by atoms with van der Waals surface area (Å²) in [6.07, 6.45) is 7.23. The fraction of sp³-hybridized carbons (Fsp3) is 0.857. The molecular formula is C21H37N7OS. The van der Waals surface area contributed by atoms with E-state index < -0.39 is 0 Å². The summed E-state index contributed by atoms with van der Waals surface area (Å²) in [5.74, 6) is 5.31. The molecule has 0 spiro atoms. The molecular weight excluding hydrogens is 398 g/mol. The van der Waals surface area contributed by atoms with E-state index in [1.54, 1.807) is 7.11 Å². The van der Waals surface area contributed by atoms with Crippen molar-refractivity contribution >= 4 is 17.7 Å². The summed E-state index contributed by atoms with van der Waals surface area (Å²) >= 11 is 2.09. The van der Waals surface area contributed by atoms with Gasteiger partial charge in [0, 0.05) is 56.3 Å². The van der Waals surface area contributed by atoms with Crippen molar-refractivity contribution in [2.45, 2.75) is 70.2 Å². The number of nitrogens with one attached hydrogen (secondary N) is 2. The molecule has 8 nitrogen and oxygen atoms in total. The molecule has 1 saturated heterocycles. The van der Waals surface area contributed by atoms with Gasteiger partial charge in [-0.1, -0.05) is 12.8 Å². The minimum atomic E-state index is 0.268. The first-order chi connectivity index (χ1) is 14.7. The third-order valence-corrected chi connectivity index (χ3v) is 7.55. The number of hydrogen-bond donors (Lipinski definition) is 2. The first-order valence-electron chi connectivity index (χ1n) is 11.5. The van der Waals surface area contributed by atoms with Gasteiger partial charge in [0.2, 0.25) is 0 Å². The highest BCUT2D eigenvalue weighted by Crippen LogP contribution is 2.37. The summed E-state index contributed by atoms with van der Waals surface area (Å²) in [4.78, 5) is 12.4. The van der Waals surface area contributed by atoms with Gasteiger partial charge >= 0.3 is 0 Å². The Kier molecular flexibility index (Phi) is 7.54. The van der Waals surface area contributed by atoms with Crippen molar-refractivity contribution in [1.82, 2.24) is 30.3 Å². The molecule has 0 radical (unpaired) electrons. The highest BCUT2D eigenvalue weighted by molar-refractivity contribution is 7.99. The summed E-state index contributed by atoms with van der Waals surface area (Å²) in [6, 6.07) is 0.318. The van der Waals surface area contributed by atoms with Gasteiger partial charge < -0.3 is 15.4 Å². The average molecular weight is 436 g/mol. The van der Waals surface area contributed by atoms with Crippen LogP contribution in [0.15, 0.2) is 4.99 Å². The number of thioether (sulfide) groups is 1. The fourth-order valence-corrected chi connectivity index (χ4v) is 5.96. The lowest BCUT2D eigenvalue weighted by Gasteiger charge is -2.42. The summed E-state index contributed by atoms with van der Waals surface area (Å²) in [7, 11) is 1.68. The van der Waals surface area contributed by atoms with E-state index in [2.05, 4.69) is 44.3 Å². The monoisotopic (exact) mass is 435 g/mol. The van der Waals surface area contributed by atoms with E-state index in [0.717, 1.165) is 50.1 Å². The molecule has 1 aromatic rings. The summed E-state index contributed by atoms with van der Waals surface area (Å²) in [5, 5.41) is 11.8. The van der Waals surface area contributed by atoms with Crippen molar-refractivity contribution in [1.29, 1.82) is 0 Å². The smallest absolute Gasteiger partial charge is 0.191 e. The quantitative estimate of drug-likeness (QED) is 0.498. The number of hydrogen-bond acceptors (Lipinski definition) is 6. The Morgan fingerprint density at radius 3 is 2.83 bits per heavy atom. The standard InChI is InChI=1S/C21H37N7OS/c1-3-22-20(23-16-21(8-4-5-9-21)27-10-12-30-13-11-27)24-17-6-7-19-25-18(15-29-2)26-28(19)14-17/h17H,3-16H2,1-2H3,(H2,22,23,24). The van der Waals surface area contributed by atoms with Crippen molar-refractivity contribution in [3.05, 3.63) is 11.6 Å². The maximum absolute atomic E-state index is 5.18. The highest BCUT2D eigenvalue weighted by Gasteiger charge is 2.40. The van der Waals surface area contributed by atoms with E-state index in [4.69, 9.17) is 9.73 Å². The van der Waals surface area contributed by atoms with Gasteiger partial charge in [-0.2, -0.15) is 16.9 Å². The van der Waals surface area contributed by atoms with Crippen molar-refractivity contribution in [2.75, 3.05) is 44.8 Å². The first kappa shape index (κ1) is 21.9. The van der Waals surface area contributed by atoms with Gasteiger partial charge in [0.15, 0.2) is 11.8 Å². The molecule has 2 aliphatic heterocycles. The molecule has 30 heavy (non-hydrogen) atoms. The zero-order chi connectivity index (χ0) is 20.8. The summed E-state index contributed by atoms with van der Waals surface area (Å²) in [5.41, 5.74) is 0.268. The number of aromatic nitrogens is 3. The molecule has 1 saturated carbocycles. The van der Waals surface area contributed by atoms with Gasteiger partial charge in [-0.3, -0.25) is 9.89 Å². The predicted molar refractivity (Wildman–Crippen MR) is 122 cm³/mol. The van der Waals surface area contributed by atoms with Crippen LogP contribution in [-0.2, 0) is 24.3 Å². The van der Waals surface area contributed by atoms with Gasteiger partial charge in [-0.05, 0) is 26.2 Å². The van der Waals surface area contributed by atoms with Crippen molar-refractivity contribution in [2.24, 2.45) is 4.99 Å². The average Bonchev–Trinajstić information content (AvgIpc) is 3.40. The highest BCUT2D eigenvalue weighted by atomic mass is 32.2. The Labute approximate surface area is 184 Å². The molecule has 4 rings (SSSR count). The van der Waals surface area contributed by atoms with Crippen LogP contribution in [0.1, 0.15) is 50.7 Å². The largest absolute Gasteiger partial charge is 0.377 e. The van der Waals surface area contributed by atoms with E-state index in [1.807, 2.05) is 4.68 Å². The molecule has 1 atom stereocenters. The number of guanidine groups is 1. The summed E-state index contributed by atoms with van der Waals surface area (Å²) < 4.78 is 7.21. The number of aliphatic imine (C=N–C) groups is 1. The van der Waals surface area contributed by atoms with Gasteiger partial charge in [0.25, 0.3) is 0 Å². The second-order valence-electron chi connectivity index (χ2n) is 8.67. The zero-order valence-electron chi connectivity index (χ0n) is 18.5. The number of fused-ring (bicyclic) bond motifs is 1. The van der Waals surface area contributed by atoms with Crippen LogP contribution >= 0.6 is 11.8 Å². The second-order valence-corrected chi connectivity index (χ2v) is 9.89. The van der Waals surface area contributed by atoms with Crippen LogP contribution < -0.4 is 10.6 Å². The number of ether oxygens (including phenoxy) is 1. The topological polar surface area (TPSA) is 79.6 Å². The van der Waals surface area contributed by atoms with Gasteiger partial charge in [0.05, 0.1) is 13.1 Å². The minimum absolute atomic E-state index is 0.268. The lowest BCUT2D eigenvalue weighted by atomic mass is 9.95. The molecule has 9 heteroatoms. The van der Waals surface area contributed by atoms with Gasteiger partial charge in [-0.25, -0.2) is 9.67 Å². The van der Waals surface area contributed by atoms with Crippen LogP contribution in [0.5, 0.6) is 0 Å². The van der Waals surface area contributed by atoms with E-state index in [-0.39, 0.29) is 5.54 Å². The summed E-state index contributed by atoms with van der Waals surface area (Å²) in [6.45, 7) is 7.63. The minimum Gasteiger partial charge on any atom is -0.377 e. The molecule has 0 amide bonds. The van der Waals surface area contributed by atoms with Gasteiger partial charge in [-0.15, -0.1) is 0 Å². The maximum Gasteiger partial charge on any atom is 0.191 e. The number of methoxy groups -OCH3 is 1. The van der Waals surface area contributed by atoms with Crippen LogP contribution in [0.4, 0.5) is 0 Å². The normalized spacial score (nSPS) is 24.6. The third-order valence-electron chi connectivity index (χ3n) is 6.61. The maximum atomic E-state index is 5.18. The van der Waals surface area contributed by atoms with Gasteiger partial charge in [0.1, 0.15) is 12.4 Å². The molecule has 3 heterocycles. The molecule has 0 bridgehead atoms. The number of aryl methyl sites for hydroxylation is 1. The molecule has 3 aliphatic rings. The van der Waals surface area contributed by atoms with Crippen molar-refractivity contribution < 1.29 is 4.74 Å². The molecule has 0 aromatic carbocycles. The number of nitrogens with zero attached hydrogens (tertiary/aromatic N) is 5. The van der Waals surface area contributed by atoms with E-state index in [1.165, 1.54) is 50.3 Å². The van der Waals surface area contributed by atoms with Crippen molar-refractivity contribution in [3.8, 4) is 0 Å². The Morgan fingerprint density at radius 1 is 1.30 bits per heavy atom. The van der Waals surface area contributed by atoms with E-state index >= 15 is 0 Å². The SMILES string of the molecule is CCNC(=NCC1(N2CCSCC2)CCCC1)NC1CCc2nc(COC)nn2C1. The Balaban J connectivity index is 1.41. The van der Waals surface area contributed by atoms with Crippen LogP contribution in [0.3, 0.4) is 0 Å². The Hall–Kier alpha value is -1.32. The zero-order valence-corrected chi connectivity index (χ0v) is 19.3. The molecule has 2 N–H and O–H groups in total. The molecule has 1 aliphatic carbocycles.